The Morgan fingerprint density at radius 2 is 1.81 bits per heavy atom. The molecule has 8 heteroatoms. The molecule has 0 radical (unpaired) electrons. The van der Waals surface area contributed by atoms with Gasteiger partial charge < -0.3 is 14.8 Å². The van der Waals surface area contributed by atoms with E-state index in [-0.39, 0.29) is 18.6 Å². The van der Waals surface area contributed by atoms with Crippen molar-refractivity contribution in [1.82, 2.24) is 5.43 Å². The molecule has 0 fully saturated rings. The molecule has 0 saturated heterocycles. The van der Waals surface area contributed by atoms with Crippen molar-refractivity contribution in [2.45, 2.75) is 20.8 Å². The molecule has 158 valence electrons. The van der Waals surface area contributed by atoms with E-state index in [1.807, 2.05) is 31.4 Å². The van der Waals surface area contributed by atoms with Gasteiger partial charge in [0.25, 0.3) is 11.8 Å². The number of fused-ring (bicyclic) bond motifs is 1. The number of hydrogen-bond acceptors (Lipinski definition) is 6. The van der Waals surface area contributed by atoms with E-state index in [0.717, 1.165) is 16.0 Å². The maximum atomic E-state index is 12.6. The number of carbonyl (C=O) groups is 2. The van der Waals surface area contributed by atoms with Gasteiger partial charge in [-0.25, -0.2) is 5.43 Å². The minimum Gasteiger partial charge on any atom is -0.454 e. The van der Waals surface area contributed by atoms with Gasteiger partial charge in [-0.1, -0.05) is 12.1 Å². The molecule has 0 saturated carbocycles. The van der Waals surface area contributed by atoms with Crippen LogP contribution in [-0.4, -0.2) is 24.3 Å². The number of thiophene rings is 1. The Morgan fingerprint density at radius 1 is 1.00 bits per heavy atom. The first-order valence-electron chi connectivity index (χ1n) is 9.63. The second-order valence-corrected chi connectivity index (χ2v) is 8.16. The third kappa shape index (κ3) is 4.44. The quantitative estimate of drug-likeness (QED) is 0.456. The molecule has 2 amide bonds. The fraction of sp³-hybridized carbons (Fsp3) is 0.174. The van der Waals surface area contributed by atoms with E-state index >= 15 is 0 Å². The minimum atomic E-state index is -0.262. The average molecular weight is 436 g/mol. The van der Waals surface area contributed by atoms with Crippen molar-refractivity contribution in [2.24, 2.45) is 5.10 Å². The molecule has 0 atom stereocenters. The number of benzene rings is 2. The fourth-order valence-electron chi connectivity index (χ4n) is 3.06. The van der Waals surface area contributed by atoms with Crippen LogP contribution >= 0.6 is 11.3 Å². The van der Waals surface area contributed by atoms with E-state index in [0.29, 0.717) is 34.0 Å². The molecular weight excluding hydrogens is 414 g/mol. The summed E-state index contributed by atoms with van der Waals surface area (Å²) in [7, 11) is 0. The zero-order valence-electron chi connectivity index (χ0n) is 17.3. The number of carbonyl (C=O) groups excluding carboxylic acids is 2. The van der Waals surface area contributed by atoms with Crippen molar-refractivity contribution in [3.05, 3.63) is 75.0 Å². The monoisotopic (exact) mass is 435 g/mol. The molecule has 7 nitrogen and oxygen atoms in total. The molecular formula is C23H21N3O4S. The van der Waals surface area contributed by atoms with Gasteiger partial charge in [0.05, 0.1) is 11.3 Å². The van der Waals surface area contributed by atoms with E-state index in [2.05, 4.69) is 15.8 Å². The summed E-state index contributed by atoms with van der Waals surface area (Å²) < 4.78 is 10.6. The van der Waals surface area contributed by atoms with Gasteiger partial charge in [-0.15, -0.1) is 11.3 Å². The SMILES string of the molecule is C/C(=N/NC(=O)c1csc(C)c1C)c1cccc(NC(=O)c2ccc3c(c2)OCO3)c1. The topological polar surface area (TPSA) is 89.0 Å². The lowest BCUT2D eigenvalue weighted by molar-refractivity contribution is 0.0953. The Labute approximate surface area is 183 Å². The Hall–Kier alpha value is -3.65. The number of rotatable bonds is 5. The highest BCUT2D eigenvalue weighted by Crippen LogP contribution is 2.32. The Balaban J connectivity index is 1.45. The van der Waals surface area contributed by atoms with Gasteiger partial charge in [-0.2, -0.15) is 5.10 Å². The van der Waals surface area contributed by atoms with E-state index in [9.17, 15) is 9.59 Å². The first kappa shape index (κ1) is 20.6. The third-order valence-electron chi connectivity index (χ3n) is 5.03. The van der Waals surface area contributed by atoms with Crippen molar-refractivity contribution in [1.29, 1.82) is 0 Å². The molecule has 2 heterocycles. The molecule has 0 unspecified atom stereocenters. The van der Waals surface area contributed by atoms with Crippen LogP contribution in [0.25, 0.3) is 0 Å². The van der Waals surface area contributed by atoms with E-state index < -0.39 is 0 Å². The van der Waals surface area contributed by atoms with Gasteiger partial charge in [0, 0.05) is 21.5 Å². The lowest BCUT2D eigenvalue weighted by Gasteiger charge is -2.08. The number of amides is 2. The van der Waals surface area contributed by atoms with Gasteiger partial charge in [-0.3, -0.25) is 9.59 Å². The molecule has 2 N–H and O–H groups in total. The number of ether oxygens (including phenoxy) is 2. The molecule has 4 rings (SSSR count). The number of nitrogens with one attached hydrogen (secondary N) is 2. The first-order chi connectivity index (χ1) is 14.9. The summed E-state index contributed by atoms with van der Waals surface area (Å²) in [6, 6.07) is 12.3. The summed E-state index contributed by atoms with van der Waals surface area (Å²) in [5.41, 5.74) is 6.68. The summed E-state index contributed by atoms with van der Waals surface area (Å²) in [5, 5.41) is 8.92. The second kappa shape index (κ2) is 8.61. The van der Waals surface area contributed by atoms with Crippen LogP contribution in [0.1, 0.15) is 43.6 Å². The molecule has 31 heavy (non-hydrogen) atoms. The standard InChI is InChI=1S/C23H21N3O4S/c1-13-15(3)31-11-19(13)23(28)26-25-14(2)16-5-4-6-18(9-16)24-22(27)17-7-8-20-21(10-17)30-12-29-20/h4-11H,12H2,1-3H3,(H,24,27)(H,26,28)/b25-14-. The van der Waals surface area contributed by atoms with Gasteiger partial charge in [0.2, 0.25) is 6.79 Å². The normalized spacial score (nSPS) is 12.5. The summed E-state index contributed by atoms with van der Waals surface area (Å²) in [4.78, 5) is 26.1. The number of anilines is 1. The number of nitrogens with zero attached hydrogens (tertiary/aromatic N) is 1. The molecule has 1 aliphatic rings. The van der Waals surface area contributed by atoms with Crippen molar-refractivity contribution < 1.29 is 19.1 Å². The van der Waals surface area contributed by atoms with E-state index in [1.165, 1.54) is 11.3 Å². The predicted octanol–water partition coefficient (Wildman–Crippen LogP) is 4.50. The zero-order chi connectivity index (χ0) is 22.0. The van der Waals surface area contributed by atoms with Crippen molar-refractivity contribution in [3.63, 3.8) is 0 Å². The first-order valence-corrected chi connectivity index (χ1v) is 10.5. The zero-order valence-corrected chi connectivity index (χ0v) is 18.1. The Bertz CT molecular complexity index is 1200. The molecule has 0 aliphatic carbocycles. The largest absolute Gasteiger partial charge is 0.454 e. The predicted molar refractivity (Wildman–Crippen MR) is 120 cm³/mol. The molecule has 0 spiro atoms. The van der Waals surface area contributed by atoms with E-state index in [1.54, 1.807) is 37.3 Å². The molecule has 2 aromatic carbocycles. The van der Waals surface area contributed by atoms with Crippen LogP contribution < -0.4 is 20.2 Å². The summed E-state index contributed by atoms with van der Waals surface area (Å²) >= 11 is 1.54. The Morgan fingerprint density at radius 3 is 2.58 bits per heavy atom. The highest BCUT2D eigenvalue weighted by molar-refractivity contribution is 7.10. The van der Waals surface area contributed by atoms with Crippen molar-refractivity contribution in [2.75, 3.05) is 12.1 Å². The second-order valence-electron chi connectivity index (χ2n) is 7.07. The summed E-state index contributed by atoms with van der Waals surface area (Å²) in [6.07, 6.45) is 0. The van der Waals surface area contributed by atoms with Crippen LogP contribution in [0.2, 0.25) is 0 Å². The van der Waals surface area contributed by atoms with Gasteiger partial charge in [-0.05, 0) is 62.2 Å². The Kier molecular flexibility index (Phi) is 5.73. The fourth-order valence-corrected chi connectivity index (χ4v) is 3.93. The minimum absolute atomic E-state index is 0.156. The van der Waals surface area contributed by atoms with Gasteiger partial charge in [0.1, 0.15) is 0 Å². The summed E-state index contributed by atoms with van der Waals surface area (Å²) in [6.45, 7) is 5.85. The number of hydrogen-bond donors (Lipinski definition) is 2. The van der Waals surface area contributed by atoms with Crippen molar-refractivity contribution in [3.8, 4) is 11.5 Å². The van der Waals surface area contributed by atoms with Gasteiger partial charge in [0.15, 0.2) is 11.5 Å². The van der Waals surface area contributed by atoms with Crippen LogP contribution in [0, 0.1) is 13.8 Å². The lowest BCUT2D eigenvalue weighted by atomic mass is 10.1. The van der Waals surface area contributed by atoms with Gasteiger partial charge >= 0.3 is 0 Å². The smallest absolute Gasteiger partial charge is 0.272 e. The molecule has 3 aromatic rings. The van der Waals surface area contributed by atoms with Crippen LogP contribution in [-0.2, 0) is 0 Å². The number of aryl methyl sites for hydroxylation is 1. The van der Waals surface area contributed by atoms with Crippen LogP contribution in [0.4, 0.5) is 5.69 Å². The molecule has 1 aliphatic heterocycles. The maximum Gasteiger partial charge on any atom is 0.272 e. The summed E-state index contributed by atoms with van der Waals surface area (Å²) in [5.74, 6) is 0.673. The average Bonchev–Trinajstić information content (AvgIpc) is 3.38. The lowest BCUT2D eigenvalue weighted by Crippen LogP contribution is -2.19. The molecule has 1 aromatic heterocycles. The third-order valence-corrected chi connectivity index (χ3v) is 6.04. The number of hydrazone groups is 1. The molecule has 0 bridgehead atoms. The van der Waals surface area contributed by atoms with E-state index in [4.69, 9.17) is 9.47 Å². The highest BCUT2D eigenvalue weighted by atomic mass is 32.1. The van der Waals surface area contributed by atoms with Crippen LogP contribution in [0.3, 0.4) is 0 Å². The van der Waals surface area contributed by atoms with Crippen LogP contribution in [0.15, 0.2) is 52.9 Å². The highest BCUT2D eigenvalue weighted by Gasteiger charge is 2.16. The van der Waals surface area contributed by atoms with Crippen molar-refractivity contribution >= 4 is 34.6 Å². The maximum absolute atomic E-state index is 12.6. The van der Waals surface area contributed by atoms with Crippen LogP contribution in [0.5, 0.6) is 11.5 Å².